The van der Waals surface area contributed by atoms with Crippen molar-refractivity contribution in [1.29, 1.82) is 0 Å². The second-order valence-electron chi connectivity index (χ2n) is 7.54. The number of carbonyl (C=O) groups is 2. The van der Waals surface area contributed by atoms with Gasteiger partial charge in [0, 0.05) is 6.54 Å². The Kier molecular flexibility index (Phi) is 7.48. The Labute approximate surface area is 193 Å². The van der Waals surface area contributed by atoms with Crippen LogP contribution in [0.4, 0.5) is 0 Å². The highest BCUT2D eigenvalue weighted by Crippen LogP contribution is 2.44. The molecule has 1 aliphatic rings. The number of unbranched alkanes of at least 4 members (excludes halogenated alkanes) is 1. The zero-order valence-electron chi connectivity index (χ0n) is 19.3. The van der Waals surface area contributed by atoms with Crippen LogP contribution in [0.2, 0.25) is 0 Å². The van der Waals surface area contributed by atoms with Crippen molar-refractivity contribution >= 4 is 17.4 Å². The molecule has 1 fully saturated rings. The molecule has 1 amide bonds. The van der Waals surface area contributed by atoms with Gasteiger partial charge < -0.3 is 29.3 Å². The zero-order valence-corrected chi connectivity index (χ0v) is 19.3. The number of aliphatic hydroxyl groups excluding tert-OH is 1. The minimum Gasteiger partial charge on any atom is -0.506 e. The van der Waals surface area contributed by atoms with E-state index in [1.807, 2.05) is 6.92 Å². The van der Waals surface area contributed by atoms with Gasteiger partial charge in [-0.15, -0.1) is 0 Å². The van der Waals surface area contributed by atoms with Gasteiger partial charge in [0.25, 0.3) is 11.7 Å². The Balaban J connectivity index is 2.28. The van der Waals surface area contributed by atoms with E-state index < -0.39 is 23.5 Å². The Bertz CT molecular complexity index is 1050. The number of hydrogen-bond acceptors (Lipinski definition) is 7. The van der Waals surface area contributed by atoms with Gasteiger partial charge in [-0.2, -0.15) is 0 Å². The average molecular weight is 456 g/mol. The van der Waals surface area contributed by atoms with Crippen LogP contribution in [0.5, 0.6) is 23.0 Å². The summed E-state index contributed by atoms with van der Waals surface area (Å²) in [5, 5.41) is 21.5. The predicted molar refractivity (Wildman–Crippen MR) is 123 cm³/mol. The number of ether oxygens (including phenoxy) is 3. The molecule has 0 radical (unpaired) electrons. The summed E-state index contributed by atoms with van der Waals surface area (Å²) in [4.78, 5) is 27.6. The van der Waals surface area contributed by atoms with Crippen LogP contribution in [0.1, 0.15) is 43.9 Å². The summed E-state index contributed by atoms with van der Waals surface area (Å²) in [6.45, 7) is 4.42. The highest BCUT2D eigenvalue weighted by atomic mass is 16.5. The molecular weight excluding hydrogens is 426 g/mol. The molecule has 0 aromatic heterocycles. The van der Waals surface area contributed by atoms with E-state index in [-0.39, 0.29) is 22.6 Å². The van der Waals surface area contributed by atoms with Gasteiger partial charge >= 0.3 is 0 Å². The quantitative estimate of drug-likeness (QED) is 0.334. The van der Waals surface area contributed by atoms with Crippen LogP contribution in [-0.2, 0) is 9.59 Å². The normalized spacial score (nSPS) is 17.3. The maximum Gasteiger partial charge on any atom is 0.295 e. The van der Waals surface area contributed by atoms with Crippen molar-refractivity contribution in [3.8, 4) is 23.0 Å². The molecule has 0 aliphatic carbocycles. The Morgan fingerprint density at radius 3 is 2.27 bits per heavy atom. The lowest BCUT2D eigenvalue weighted by molar-refractivity contribution is -0.139. The summed E-state index contributed by atoms with van der Waals surface area (Å²) in [6.07, 6.45) is 1.49. The number of benzene rings is 2. The number of Topliss-reactive ketones (excluding diaryl/α,β-unsaturated/α-hetero) is 1. The van der Waals surface area contributed by atoms with Gasteiger partial charge in [-0.25, -0.2) is 0 Å². The van der Waals surface area contributed by atoms with E-state index in [0.717, 1.165) is 6.42 Å². The molecule has 2 aromatic rings. The van der Waals surface area contributed by atoms with Crippen LogP contribution in [-0.4, -0.2) is 54.2 Å². The molecule has 8 nitrogen and oxygen atoms in total. The fourth-order valence-electron chi connectivity index (χ4n) is 3.98. The number of nitrogens with zero attached hydrogens (tertiary/aromatic N) is 1. The second kappa shape index (κ2) is 10.3. The summed E-state index contributed by atoms with van der Waals surface area (Å²) in [5.41, 5.74) is 0.638. The van der Waals surface area contributed by atoms with E-state index in [0.29, 0.717) is 36.6 Å². The molecule has 1 heterocycles. The number of ketones is 1. The number of likely N-dealkylation sites (tertiary alicyclic amines) is 1. The number of carbonyl (C=O) groups excluding carboxylic acids is 2. The fraction of sp³-hybridized carbons (Fsp3) is 0.360. The topological polar surface area (TPSA) is 106 Å². The van der Waals surface area contributed by atoms with Gasteiger partial charge in [-0.1, -0.05) is 25.5 Å². The summed E-state index contributed by atoms with van der Waals surface area (Å²) < 4.78 is 16.3. The Hall–Kier alpha value is -3.68. The molecule has 0 spiro atoms. The summed E-state index contributed by atoms with van der Waals surface area (Å²) in [5.74, 6) is -1.12. The number of rotatable bonds is 9. The minimum atomic E-state index is -0.869. The lowest BCUT2D eigenvalue weighted by atomic mass is 9.94. The first-order valence-corrected chi connectivity index (χ1v) is 10.8. The van der Waals surface area contributed by atoms with Crippen molar-refractivity contribution in [1.82, 2.24) is 4.90 Å². The van der Waals surface area contributed by atoms with Crippen LogP contribution in [0, 0.1) is 0 Å². The molecule has 1 unspecified atom stereocenters. The SMILES string of the molecule is CCCCN1C(=O)C(=O)/C(=C(/O)c2c(OC)cccc2OC)C1c1ccc(O)c(OCC)c1. The van der Waals surface area contributed by atoms with E-state index in [9.17, 15) is 19.8 Å². The second-order valence-corrected chi connectivity index (χ2v) is 7.54. The maximum absolute atomic E-state index is 13.2. The van der Waals surface area contributed by atoms with Crippen molar-refractivity contribution in [2.75, 3.05) is 27.4 Å². The fourth-order valence-corrected chi connectivity index (χ4v) is 3.98. The predicted octanol–water partition coefficient (Wildman–Crippen LogP) is 4.03. The third kappa shape index (κ3) is 4.46. The number of aliphatic hydroxyl groups is 1. The summed E-state index contributed by atoms with van der Waals surface area (Å²) in [7, 11) is 2.88. The lowest BCUT2D eigenvalue weighted by Gasteiger charge is -2.26. The van der Waals surface area contributed by atoms with Gasteiger partial charge in [0.15, 0.2) is 11.5 Å². The molecule has 1 saturated heterocycles. The van der Waals surface area contributed by atoms with Crippen LogP contribution in [0.25, 0.3) is 5.76 Å². The van der Waals surface area contributed by atoms with Gasteiger partial charge in [-0.3, -0.25) is 9.59 Å². The van der Waals surface area contributed by atoms with Crippen molar-refractivity contribution < 1.29 is 34.0 Å². The van der Waals surface area contributed by atoms with E-state index in [4.69, 9.17) is 14.2 Å². The first-order valence-electron chi connectivity index (χ1n) is 10.8. The molecule has 2 N–H and O–H groups in total. The minimum absolute atomic E-state index is 0.0579. The highest BCUT2D eigenvalue weighted by Gasteiger charge is 2.46. The van der Waals surface area contributed by atoms with Gasteiger partial charge in [-0.05, 0) is 43.2 Å². The molecule has 176 valence electrons. The number of phenolic OH excluding ortho intramolecular Hbond substituents is 1. The summed E-state index contributed by atoms with van der Waals surface area (Å²) >= 11 is 0. The standard InChI is InChI=1S/C25H29NO7/c1-5-7-13-26-22(15-11-12-16(27)19(14-15)33-6-2)21(24(29)25(26)30)23(28)20-17(31-3)9-8-10-18(20)32-4/h8-12,14,22,27-28H,5-7,13H2,1-4H3/b23-21+. The first-order chi connectivity index (χ1) is 15.9. The van der Waals surface area contributed by atoms with Crippen molar-refractivity contribution in [2.45, 2.75) is 32.7 Å². The number of amides is 1. The van der Waals surface area contributed by atoms with Crippen LogP contribution >= 0.6 is 0 Å². The van der Waals surface area contributed by atoms with Gasteiger partial charge in [0.1, 0.15) is 22.8 Å². The van der Waals surface area contributed by atoms with E-state index in [1.54, 1.807) is 37.3 Å². The number of hydrogen-bond donors (Lipinski definition) is 2. The molecule has 1 atom stereocenters. The lowest BCUT2D eigenvalue weighted by Crippen LogP contribution is -2.30. The smallest absolute Gasteiger partial charge is 0.295 e. The molecule has 33 heavy (non-hydrogen) atoms. The average Bonchev–Trinajstić information content (AvgIpc) is 3.08. The summed E-state index contributed by atoms with van der Waals surface area (Å²) in [6, 6.07) is 8.73. The van der Waals surface area contributed by atoms with E-state index in [1.165, 1.54) is 25.2 Å². The maximum atomic E-state index is 13.2. The molecule has 8 heteroatoms. The molecule has 0 bridgehead atoms. The molecular formula is C25H29NO7. The highest BCUT2D eigenvalue weighted by molar-refractivity contribution is 6.46. The largest absolute Gasteiger partial charge is 0.506 e. The van der Waals surface area contributed by atoms with Crippen LogP contribution in [0.3, 0.4) is 0 Å². The monoisotopic (exact) mass is 455 g/mol. The van der Waals surface area contributed by atoms with Crippen LogP contribution in [0.15, 0.2) is 42.0 Å². The van der Waals surface area contributed by atoms with Crippen molar-refractivity contribution in [3.63, 3.8) is 0 Å². The molecule has 2 aromatic carbocycles. The molecule has 3 rings (SSSR count). The zero-order chi connectivity index (χ0) is 24.1. The van der Waals surface area contributed by atoms with Gasteiger partial charge in [0.2, 0.25) is 0 Å². The van der Waals surface area contributed by atoms with E-state index in [2.05, 4.69) is 0 Å². The molecule has 0 saturated carbocycles. The number of aromatic hydroxyl groups is 1. The number of phenols is 1. The van der Waals surface area contributed by atoms with Crippen LogP contribution < -0.4 is 14.2 Å². The van der Waals surface area contributed by atoms with Crippen molar-refractivity contribution in [3.05, 3.63) is 53.1 Å². The molecule has 1 aliphatic heterocycles. The third-order valence-corrected chi connectivity index (χ3v) is 5.56. The number of methoxy groups -OCH3 is 2. The first kappa shape index (κ1) is 24.0. The van der Waals surface area contributed by atoms with E-state index >= 15 is 0 Å². The van der Waals surface area contributed by atoms with Gasteiger partial charge in [0.05, 0.1) is 32.4 Å². The van der Waals surface area contributed by atoms with Crippen molar-refractivity contribution in [2.24, 2.45) is 0 Å². The Morgan fingerprint density at radius 1 is 1.03 bits per heavy atom. The third-order valence-electron chi connectivity index (χ3n) is 5.56. The Morgan fingerprint density at radius 2 is 1.70 bits per heavy atom.